The second-order valence-corrected chi connectivity index (χ2v) is 6.53. The number of hydrogen-bond donors (Lipinski definition) is 1. The molecule has 152 valence electrons. The summed E-state index contributed by atoms with van der Waals surface area (Å²) in [6.07, 6.45) is 4.39. The standard InChI is InChI=1S/C18H29NO3.2ClH.N2.Zn/c1-3-5-12-20-17-15-22-18(21-13-6-4-2)14-19(17)16-10-8-7-9-11-16;;;1-2;/h7-11,17-18H,3-6,12-15H2,1-2H3;2*1H;;/p-1. The van der Waals surface area contributed by atoms with Crippen LogP contribution in [0.3, 0.4) is 0 Å². The van der Waals surface area contributed by atoms with E-state index in [0.29, 0.717) is 24.7 Å². The van der Waals surface area contributed by atoms with Gasteiger partial charge in [0.25, 0.3) is 0 Å². The van der Waals surface area contributed by atoms with Crippen molar-refractivity contribution >= 4 is 5.69 Å². The Morgan fingerprint density at radius 2 is 1.67 bits per heavy atom. The van der Waals surface area contributed by atoms with E-state index >= 15 is 0 Å². The van der Waals surface area contributed by atoms with E-state index in [4.69, 9.17) is 19.7 Å². The van der Waals surface area contributed by atoms with Gasteiger partial charge in [0.05, 0.1) is 6.61 Å². The molecule has 1 heterocycles. The summed E-state index contributed by atoms with van der Waals surface area (Å²) in [6, 6.07) is 10.5. The number of morpholine rings is 1. The minimum absolute atomic E-state index is 0. The SMILES string of the molecule is CCCCOC1C[NH+](c2ccccc2)C(OCCCC)CO1.[Cl-].[Cl-].[N-]=[N+]=[Zn]. The third-order valence-corrected chi connectivity index (χ3v) is 3.97. The molecule has 1 saturated heterocycles. The topological polar surface area (TPSA) is 68.5 Å². The first-order valence-electron chi connectivity index (χ1n) is 9.12. The summed E-state index contributed by atoms with van der Waals surface area (Å²) in [4.78, 5) is 1.31. The average molecular weight is 473 g/mol. The van der Waals surface area contributed by atoms with Crippen molar-refractivity contribution in [1.82, 2.24) is 3.48 Å². The zero-order chi connectivity index (χ0) is 18.3. The Labute approximate surface area is 185 Å². The van der Waals surface area contributed by atoms with Crippen molar-refractivity contribution in [3.8, 4) is 0 Å². The van der Waals surface area contributed by atoms with Gasteiger partial charge in [-0.05, 0) is 25.0 Å². The molecule has 0 bridgehead atoms. The number of para-hydroxylation sites is 1. The number of benzene rings is 1. The third kappa shape index (κ3) is 12.0. The first-order valence-corrected chi connectivity index (χ1v) is 10.4. The van der Waals surface area contributed by atoms with Gasteiger partial charge < -0.3 is 39.0 Å². The second-order valence-electron chi connectivity index (χ2n) is 5.94. The molecular weight excluding hydrogens is 443 g/mol. The minimum atomic E-state index is -0.132. The number of unbranched alkanes of at least 4 members (excludes halogenated alkanes) is 2. The van der Waals surface area contributed by atoms with E-state index in [1.165, 1.54) is 10.6 Å². The summed E-state index contributed by atoms with van der Waals surface area (Å²) in [6.45, 7) is 7.30. The quantitative estimate of drug-likeness (QED) is 0.174. The van der Waals surface area contributed by atoms with Crippen LogP contribution < -0.4 is 33.2 Å². The van der Waals surface area contributed by atoms with Gasteiger partial charge in [0, 0.05) is 6.61 Å². The molecular formula is C18H30Cl2N3O3Zn-. The monoisotopic (exact) mass is 470 g/mol. The van der Waals surface area contributed by atoms with Crippen molar-refractivity contribution in [3.05, 3.63) is 35.9 Å². The van der Waals surface area contributed by atoms with E-state index in [0.717, 1.165) is 45.4 Å². The molecule has 0 aromatic heterocycles. The maximum atomic E-state index is 7.25. The van der Waals surface area contributed by atoms with Gasteiger partial charge in [-0.1, -0.05) is 44.9 Å². The van der Waals surface area contributed by atoms with Gasteiger partial charge in [0.1, 0.15) is 18.8 Å². The number of nitrogens with one attached hydrogen (secondary N) is 1. The fourth-order valence-electron chi connectivity index (χ4n) is 2.61. The Kier molecular flexibility index (Phi) is 20.5. The van der Waals surface area contributed by atoms with E-state index in [1.807, 2.05) is 6.07 Å². The summed E-state index contributed by atoms with van der Waals surface area (Å²) in [5.41, 5.74) is 8.50. The summed E-state index contributed by atoms with van der Waals surface area (Å²) in [5, 5.41) is 0. The molecule has 0 spiro atoms. The Morgan fingerprint density at radius 3 is 2.22 bits per heavy atom. The zero-order valence-electron chi connectivity index (χ0n) is 16.3. The molecule has 2 rings (SSSR count). The van der Waals surface area contributed by atoms with Crippen molar-refractivity contribution in [2.24, 2.45) is 0 Å². The molecule has 0 aliphatic carbocycles. The Bertz CT molecular complexity index is 494. The van der Waals surface area contributed by atoms with Gasteiger partial charge in [0.2, 0.25) is 12.5 Å². The fraction of sp³-hybridized carbons (Fsp3) is 0.667. The molecule has 1 aromatic carbocycles. The first-order chi connectivity index (χ1) is 12.3. The number of ether oxygens (including phenoxy) is 3. The summed E-state index contributed by atoms with van der Waals surface area (Å²) >= 11 is 0.625. The van der Waals surface area contributed by atoms with Crippen molar-refractivity contribution in [1.29, 1.82) is 0 Å². The second kappa shape index (κ2) is 19.1. The maximum absolute atomic E-state index is 7.25. The third-order valence-electron chi connectivity index (χ3n) is 3.97. The summed E-state index contributed by atoms with van der Waals surface area (Å²) in [7, 11) is 0. The van der Waals surface area contributed by atoms with Gasteiger partial charge in [-0.2, -0.15) is 0 Å². The van der Waals surface area contributed by atoms with Crippen molar-refractivity contribution in [3.63, 3.8) is 0 Å². The number of quaternary nitrogens is 1. The van der Waals surface area contributed by atoms with Gasteiger partial charge in [-0.15, -0.1) is 0 Å². The van der Waals surface area contributed by atoms with E-state index in [9.17, 15) is 0 Å². The van der Waals surface area contributed by atoms with E-state index in [2.05, 4.69) is 41.6 Å². The summed E-state index contributed by atoms with van der Waals surface area (Å²) < 4.78 is 20.4. The van der Waals surface area contributed by atoms with E-state index < -0.39 is 0 Å². The van der Waals surface area contributed by atoms with Crippen LogP contribution in [-0.2, 0) is 32.3 Å². The van der Waals surface area contributed by atoms with Crippen LogP contribution in [0.15, 0.2) is 30.3 Å². The van der Waals surface area contributed by atoms with Gasteiger partial charge in [-0.3, -0.25) is 4.90 Å². The van der Waals surface area contributed by atoms with Crippen LogP contribution in [0.5, 0.6) is 0 Å². The number of nitrogens with zero attached hydrogens (tertiary/aromatic N) is 2. The molecule has 6 nitrogen and oxygen atoms in total. The number of halogens is 2. The molecule has 1 fully saturated rings. The Hall–Kier alpha value is -0.227. The Morgan fingerprint density at radius 1 is 1.11 bits per heavy atom. The molecule has 0 saturated carbocycles. The molecule has 1 N–H and O–H groups in total. The zero-order valence-corrected chi connectivity index (χ0v) is 20.8. The number of hydrogen-bond acceptors (Lipinski definition) is 3. The van der Waals surface area contributed by atoms with Crippen LogP contribution in [0, 0.1) is 0 Å². The van der Waals surface area contributed by atoms with Gasteiger partial charge >= 0.3 is 27.1 Å². The van der Waals surface area contributed by atoms with Crippen LogP contribution in [0.25, 0.3) is 5.53 Å². The van der Waals surface area contributed by atoms with Crippen LogP contribution >= 0.6 is 0 Å². The van der Waals surface area contributed by atoms with Crippen LogP contribution in [0.1, 0.15) is 39.5 Å². The molecule has 1 aromatic rings. The molecule has 1 aliphatic heterocycles. The van der Waals surface area contributed by atoms with Crippen LogP contribution in [-0.4, -0.2) is 38.9 Å². The Balaban J connectivity index is 0. The average Bonchev–Trinajstić information content (AvgIpc) is 2.64. The predicted molar refractivity (Wildman–Crippen MR) is 92.7 cm³/mol. The molecule has 3 atom stereocenters. The summed E-state index contributed by atoms with van der Waals surface area (Å²) in [5.74, 6) is 0. The molecule has 27 heavy (non-hydrogen) atoms. The van der Waals surface area contributed by atoms with Crippen molar-refractivity contribution in [2.45, 2.75) is 52.0 Å². The van der Waals surface area contributed by atoms with Gasteiger partial charge in [-0.25, -0.2) is 0 Å². The first kappa shape index (κ1) is 29.0. The van der Waals surface area contributed by atoms with Crippen LogP contribution in [0.2, 0.25) is 0 Å². The normalized spacial score (nSPS) is 21.0. The molecule has 3 unspecified atom stereocenters. The number of rotatable bonds is 9. The van der Waals surface area contributed by atoms with Gasteiger partial charge in [0.15, 0.2) is 0 Å². The van der Waals surface area contributed by atoms with Crippen molar-refractivity contribution < 1.29 is 62.0 Å². The molecule has 0 amide bonds. The van der Waals surface area contributed by atoms with Crippen molar-refractivity contribution in [2.75, 3.05) is 26.4 Å². The van der Waals surface area contributed by atoms with E-state index in [1.54, 1.807) is 0 Å². The van der Waals surface area contributed by atoms with Crippen LogP contribution in [0.4, 0.5) is 5.69 Å². The molecule has 0 radical (unpaired) electrons. The molecule has 1 aliphatic rings. The fourth-order valence-corrected chi connectivity index (χ4v) is 2.61. The van der Waals surface area contributed by atoms with E-state index in [-0.39, 0.29) is 37.3 Å². The molecule has 9 heteroatoms. The predicted octanol–water partition coefficient (Wildman–Crippen LogP) is -3.67.